The molecule has 0 saturated carbocycles. The lowest BCUT2D eigenvalue weighted by atomic mass is 9.98. The fourth-order valence-corrected chi connectivity index (χ4v) is 4.73. The lowest BCUT2D eigenvalue weighted by molar-refractivity contribution is 0.223. The van der Waals surface area contributed by atoms with Crippen molar-refractivity contribution in [3.05, 3.63) is 77.1 Å². The predicted molar refractivity (Wildman–Crippen MR) is 142 cm³/mol. The van der Waals surface area contributed by atoms with E-state index < -0.39 is 12.2 Å². The number of halogens is 1. The second kappa shape index (κ2) is 10.8. The normalized spacial score (nSPS) is 17.8. The van der Waals surface area contributed by atoms with Crippen LogP contribution in [-0.2, 0) is 20.7 Å². The van der Waals surface area contributed by atoms with Crippen LogP contribution in [0.2, 0.25) is 0 Å². The first-order chi connectivity index (χ1) is 18.9. The highest BCUT2D eigenvalue weighted by atomic mass is 19.1. The fourth-order valence-electron chi connectivity index (χ4n) is 4.73. The maximum Gasteiger partial charge on any atom is 0.284 e. The molecule has 10 nitrogen and oxygen atoms in total. The van der Waals surface area contributed by atoms with Gasteiger partial charge in [0.15, 0.2) is 17.6 Å². The Labute approximate surface area is 224 Å². The average Bonchev–Trinajstić information content (AvgIpc) is 3.41. The highest BCUT2D eigenvalue weighted by Gasteiger charge is 2.37. The number of anilines is 3. The van der Waals surface area contributed by atoms with Gasteiger partial charge in [-0.1, -0.05) is 6.07 Å². The Morgan fingerprint density at radius 2 is 2.03 bits per heavy atom. The number of ether oxygens (including phenoxy) is 1. The topological polar surface area (TPSA) is 124 Å². The van der Waals surface area contributed by atoms with Crippen molar-refractivity contribution in [2.75, 3.05) is 28.3 Å². The number of benzene rings is 1. The zero-order valence-corrected chi connectivity index (χ0v) is 21.3. The summed E-state index contributed by atoms with van der Waals surface area (Å²) in [5, 5.41) is 12.5. The summed E-state index contributed by atoms with van der Waals surface area (Å²) >= 11 is 0. The number of hydrogen-bond acceptors (Lipinski definition) is 10. The van der Waals surface area contributed by atoms with Crippen LogP contribution >= 0.6 is 0 Å². The summed E-state index contributed by atoms with van der Waals surface area (Å²) in [7, 11) is 0. The number of aromatic nitrogens is 3. The summed E-state index contributed by atoms with van der Waals surface area (Å²) in [5.74, 6) is 4.21. The van der Waals surface area contributed by atoms with Gasteiger partial charge in [-0.05, 0) is 61.7 Å². The Kier molecular flexibility index (Phi) is 7.06. The largest absolute Gasteiger partial charge is 0.468 e. The molecule has 3 atom stereocenters. The Hall–Kier alpha value is -5.03. The first-order valence-corrected chi connectivity index (χ1v) is 12.4. The Bertz CT molecular complexity index is 1560. The van der Waals surface area contributed by atoms with Gasteiger partial charge in [0.25, 0.3) is 5.88 Å². The van der Waals surface area contributed by atoms with Gasteiger partial charge in [0.2, 0.25) is 5.95 Å². The second-order valence-corrected chi connectivity index (χ2v) is 9.23. The highest BCUT2D eigenvalue weighted by Crippen LogP contribution is 2.33. The molecule has 0 bridgehead atoms. The number of rotatable bonds is 6. The van der Waals surface area contributed by atoms with Gasteiger partial charge in [0, 0.05) is 24.6 Å². The van der Waals surface area contributed by atoms with Gasteiger partial charge in [-0.15, -0.1) is 0 Å². The van der Waals surface area contributed by atoms with E-state index in [4.69, 9.17) is 4.74 Å². The van der Waals surface area contributed by atoms with Gasteiger partial charge in [-0.3, -0.25) is 9.88 Å². The molecule has 1 saturated heterocycles. The molecule has 196 valence electrons. The maximum absolute atomic E-state index is 14.2. The Balaban J connectivity index is 1.37. The van der Waals surface area contributed by atoms with Crippen LogP contribution in [0, 0.1) is 11.3 Å². The van der Waals surface area contributed by atoms with Crippen LogP contribution in [0.1, 0.15) is 42.3 Å². The number of nitrogens with zero attached hydrogens (tertiary/aromatic N) is 6. The highest BCUT2D eigenvalue weighted by molar-refractivity contribution is 5.96. The van der Waals surface area contributed by atoms with E-state index in [1.54, 1.807) is 36.4 Å². The quantitative estimate of drug-likeness (QED) is 0.479. The van der Waals surface area contributed by atoms with E-state index in [0.717, 1.165) is 16.8 Å². The van der Waals surface area contributed by atoms with Crippen molar-refractivity contribution in [1.29, 1.82) is 5.26 Å². The van der Waals surface area contributed by atoms with E-state index in [-0.39, 0.29) is 24.5 Å². The van der Waals surface area contributed by atoms with Crippen LogP contribution in [0.5, 0.6) is 0 Å². The molecule has 2 aromatic heterocycles. The molecule has 1 fully saturated rings. The summed E-state index contributed by atoms with van der Waals surface area (Å²) in [6.45, 7) is 3.86. The zero-order chi connectivity index (χ0) is 27.5. The van der Waals surface area contributed by atoms with Crippen molar-refractivity contribution in [3.63, 3.8) is 0 Å². The number of carbonyl (C=O) groups excluding carboxylic acids is 2. The molecule has 3 aromatic rings. The summed E-state index contributed by atoms with van der Waals surface area (Å²) in [6.07, 6.45) is 2.56. The van der Waals surface area contributed by atoms with Crippen molar-refractivity contribution in [1.82, 2.24) is 15.0 Å². The van der Waals surface area contributed by atoms with Crippen molar-refractivity contribution < 1.29 is 18.7 Å². The molecule has 1 N–H and O–H groups in total. The molecular weight excluding hydrogens is 501 g/mol. The molecule has 39 heavy (non-hydrogen) atoms. The minimum absolute atomic E-state index is 0.0185. The second-order valence-electron chi connectivity index (χ2n) is 9.23. The molecule has 0 amide bonds. The first kappa shape index (κ1) is 25.6. The van der Waals surface area contributed by atoms with E-state index in [0.29, 0.717) is 35.7 Å². The van der Waals surface area contributed by atoms with Gasteiger partial charge < -0.3 is 15.0 Å². The van der Waals surface area contributed by atoms with Crippen LogP contribution in [-0.4, -0.2) is 52.2 Å². The van der Waals surface area contributed by atoms with Crippen LogP contribution < -0.4 is 15.1 Å². The van der Waals surface area contributed by atoms with Crippen LogP contribution in [0.3, 0.4) is 0 Å². The summed E-state index contributed by atoms with van der Waals surface area (Å²) in [4.78, 5) is 39.8. The fraction of sp³-hybridized carbons (Fsp3) is 0.286. The number of alkyl halides is 1. The molecule has 1 aromatic carbocycles. The SMILES string of the molecule is C[C@H](Nc1nccc(N2C(=C=O)OC[C@@H]2[C@H](C)F)n1)c1cnc2c(c1)CCN(c1cccc(C#N)c1)C2=C=O. The number of pyridine rings is 1. The number of nitrogens with one attached hydrogen (secondary N) is 1. The van der Waals surface area contributed by atoms with Gasteiger partial charge in [-0.25, -0.2) is 19.0 Å². The molecule has 2 aliphatic heterocycles. The smallest absolute Gasteiger partial charge is 0.284 e. The third-order valence-corrected chi connectivity index (χ3v) is 6.76. The molecule has 0 radical (unpaired) electrons. The molecular formula is C28H24FN7O3. The first-order valence-electron chi connectivity index (χ1n) is 12.4. The molecule has 5 rings (SSSR count). The Morgan fingerprint density at radius 3 is 2.77 bits per heavy atom. The van der Waals surface area contributed by atoms with E-state index >= 15 is 0 Å². The number of hydrogen-bond donors (Lipinski definition) is 1. The average molecular weight is 526 g/mol. The molecule has 4 heterocycles. The van der Waals surface area contributed by atoms with Crippen molar-refractivity contribution in [2.45, 2.75) is 38.5 Å². The third kappa shape index (κ3) is 4.94. The van der Waals surface area contributed by atoms with Gasteiger partial charge in [0.05, 0.1) is 17.7 Å². The van der Waals surface area contributed by atoms with E-state index in [1.807, 2.05) is 29.9 Å². The van der Waals surface area contributed by atoms with Gasteiger partial charge >= 0.3 is 0 Å². The van der Waals surface area contributed by atoms with Crippen molar-refractivity contribution >= 4 is 35.0 Å². The molecule has 0 spiro atoms. The van der Waals surface area contributed by atoms with Crippen LogP contribution in [0.4, 0.5) is 21.8 Å². The number of nitriles is 1. The molecule has 2 aliphatic rings. The van der Waals surface area contributed by atoms with Crippen LogP contribution in [0.25, 0.3) is 5.70 Å². The van der Waals surface area contributed by atoms with Crippen molar-refractivity contribution in [2.24, 2.45) is 0 Å². The molecule has 11 heteroatoms. The van der Waals surface area contributed by atoms with Gasteiger partial charge in [0.1, 0.15) is 30.3 Å². The van der Waals surface area contributed by atoms with E-state index in [2.05, 4.69) is 26.3 Å². The summed E-state index contributed by atoms with van der Waals surface area (Å²) in [5.41, 5.74) is 3.84. The Morgan fingerprint density at radius 1 is 1.18 bits per heavy atom. The van der Waals surface area contributed by atoms with Crippen LogP contribution in [0.15, 0.2) is 54.7 Å². The van der Waals surface area contributed by atoms with Crippen molar-refractivity contribution in [3.8, 4) is 6.07 Å². The number of fused-ring (bicyclic) bond motifs is 1. The predicted octanol–water partition coefficient (Wildman–Crippen LogP) is 3.39. The van der Waals surface area contributed by atoms with E-state index in [9.17, 15) is 19.2 Å². The summed E-state index contributed by atoms with van der Waals surface area (Å²) < 4.78 is 19.5. The minimum atomic E-state index is -1.26. The lowest BCUT2D eigenvalue weighted by Crippen LogP contribution is -2.37. The van der Waals surface area contributed by atoms with Gasteiger partial charge in [-0.2, -0.15) is 10.2 Å². The zero-order valence-electron chi connectivity index (χ0n) is 21.3. The monoisotopic (exact) mass is 525 g/mol. The summed E-state index contributed by atoms with van der Waals surface area (Å²) in [6, 6.07) is 11.8. The molecule has 0 aliphatic carbocycles. The standard InChI is InChI=1S/C28H24FN7O3/c1-17(29)24-16-39-26(15-38)36(24)25-6-8-31-28(34-25)33-18(2)21-11-20-7-9-35(23(14-37)27(20)32-13-21)22-5-3-4-19(10-22)12-30/h3-6,8,10-11,13,17-18,24H,7,9,16H2,1-2H3,(H,31,33,34)/t17-,18-,24+/m0/s1. The molecule has 0 unspecified atom stereocenters. The van der Waals surface area contributed by atoms with E-state index in [1.165, 1.54) is 18.0 Å². The third-order valence-electron chi connectivity index (χ3n) is 6.76. The minimum Gasteiger partial charge on any atom is -0.468 e. The maximum atomic E-state index is 14.2. The lowest BCUT2D eigenvalue weighted by Gasteiger charge is -2.31.